The standard InChI is InChI=1S/C14H19N3O2S/c1-2-7-17(14-9-16-10-14)20(18,19)11-13-6-4-3-5-12(13)8-15/h3-6,14,16H,2,7,9-11H2,1H3. The molecule has 1 aromatic rings. The summed E-state index contributed by atoms with van der Waals surface area (Å²) in [5, 5.41) is 12.2. The summed E-state index contributed by atoms with van der Waals surface area (Å²) in [4.78, 5) is 0. The van der Waals surface area contributed by atoms with Gasteiger partial charge in [0, 0.05) is 25.7 Å². The summed E-state index contributed by atoms with van der Waals surface area (Å²) in [6, 6.07) is 8.97. The van der Waals surface area contributed by atoms with E-state index in [0.29, 0.717) is 30.8 Å². The quantitative estimate of drug-likeness (QED) is 0.851. The third-order valence-electron chi connectivity index (χ3n) is 3.44. The van der Waals surface area contributed by atoms with Gasteiger partial charge in [-0.15, -0.1) is 0 Å². The Kier molecular flexibility index (Phi) is 4.76. The number of hydrogen-bond acceptors (Lipinski definition) is 4. The zero-order chi connectivity index (χ0) is 14.6. The molecule has 1 heterocycles. The SMILES string of the molecule is CCCN(C1CNC1)S(=O)(=O)Cc1ccccc1C#N. The molecule has 2 rings (SSSR count). The van der Waals surface area contributed by atoms with Crippen LogP contribution in [0.15, 0.2) is 24.3 Å². The molecule has 1 fully saturated rings. The number of hydrogen-bond donors (Lipinski definition) is 1. The Hall–Kier alpha value is -1.42. The van der Waals surface area contributed by atoms with Crippen LogP contribution >= 0.6 is 0 Å². The smallest absolute Gasteiger partial charge is 0.218 e. The first-order valence-electron chi connectivity index (χ1n) is 6.76. The molecule has 1 aromatic carbocycles. The summed E-state index contributed by atoms with van der Waals surface area (Å²) < 4.78 is 26.7. The van der Waals surface area contributed by atoms with E-state index < -0.39 is 10.0 Å². The molecule has 1 N–H and O–H groups in total. The van der Waals surface area contributed by atoms with Gasteiger partial charge < -0.3 is 5.32 Å². The van der Waals surface area contributed by atoms with Gasteiger partial charge in [-0.25, -0.2) is 8.42 Å². The summed E-state index contributed by atoms with van der Waals surface area (Å²) >= 11 is 0. The Labute approximate surface area is 120 Å². The van der Waals surface area contributed by atoms with Gasteiger partial charge in [0.1, 0.15) is 0 Å². The Morgan fingerprint density at radius 3 is 2.65 bits per heavy atom. The summed E-state index contributed by atoms with van der Waals surface area (Å²) in [6.07, 6.45) is 0.787. The maximum Gasteiger partial charge on any atom is 0.218 e. The molecule has 20 heavy (non-hydrogen) atoms. The van der Waals surface area contributed by atoms with Crippen molar-refractivity contribution >= 4 is 10.0 Å². The van der Waals surface area contributed by atoms with Gasteiger partial charge >= 0.3 is 0 Å². The van der Waals surface area contributed by atoms with E-state index >= 15 is 0 Å². The molecule has 1 saturated heterocycles. The van der Waals surface area contributed by atoms with Gasteiger partial charge in [0.05, 0.1) is 17.4 Å². The number of benzene rings is 1. The van der Waals surface area contributed by atoms with Crippen LogP contribution in [0.3, 0.4) is 0 Å². The Morgan fingerprint density at radius 1 is 1.40 bits per heavy atom. The summed E-state index contributed by atoms with van der Waals surface area (Å²) in [5.41, 5.74) is 1.00. The van der Waals surface area contributed by atoms with Crippen LogP contribution in [0.25, 0.3) is 0 Å². The van der Waals surface area contributed by atoms with Crippen molar-refractivity contribution < 1.29 is 8.42 Å². The van der Waals surface area contributed by atoms with Crippen LogP contribution in [0.2, 0.25) is 0 Å². The van der Waals surface area contributed by atoms with Crippen LogP contribution < -0.4 is 5.32 Å². The van der Waals surface area contributed by atoms with Crippen LogP contribution in [0.1, 0.15) is 24.5 Å². The first kappa shape index (κ1) is 15.0. The van der Waals surface area contributed by atoms with Gasteiger partial charge in [-0.1, -0.05) is 25.1 Å². The molecule has 0 amide bonds. The van der Waals surface area contributed by atoms with Crippen molar-refractivity contribution in [1.82, 2.24) is 9.62 Å². The molecular formula is C14H19N3O2S. The normalized spacial score (nSPS) is 15.8. The summed E-state index contributed by atoms with van der Waals surface area (Å²) in [5.74, 6) is -0.104. The third-order valence-corrected chi connectivity index (χ3v) is 5.32. The highest BCUT2D eigenvalue weighted by Gasteiger charge is 2.33. The van der Waals surface area contributed by atoms with Gasteiger partial charge in [0.25, 0.3) is 0 Å². The summed E-state index contributed by atoms with van der Waals surface area (Å²) in [7, 11) is -3.39. The Morgan fingerprint density at radius 2 is 2.10 bits per heavy atom. The maximum absolute atomic E-state index is 12.6. The lowest BCUT2D eigenvalue weighted by atomic mass is 10.1. The second-order valence-corrected chi connectivity index (χ2v) is 6.87. The lowest BCUT2D eigenvalue weighted by molar-refractivity contribution is 0.241. The fourth-order valence-corrected chi connectivity index (χ4v) is 4.16. The first-order chi connectivity index (χ1) is 9.58. The predicted octanol–water partition coefficient (Wildman–Crippen LogP) is 1.07. The lowest BCUT2D eigenvalue weighted by Gasteiger charge is -2.37. The maximum atomic E-state index is 12.6. The van der Waals surface area contributed by atoms with Gasteiger partial charge in [-0.3, -0.25) is 0 Å². The molecule has 0 aliphatic carbocycles. The van der Waals surface area contributed by atoms with Crippen molar-refractivity contribution in [3.05, 3.63) is 35.4 Å². The minimum Gasteiger partial charge on any atom is -0.313 e. The number of sulfonamides is 1. The molecule has 0 radical (unpaired) electrons. The van der Waals surface area contributed by atoms with E-state index in [1.165, 1.54) is 0 Å². The number of nitrogens with one attached hydrogen (secondary N) is 1. The molecule has 6 heteroatoms. The van der Waals surface area contributed by atoms with Crippen molar-refractivity contribution in [1.29, 1.82) is 5.26 Å². The fourth-order valence-electron chi connectivity index (χ4n) is 2.28. The second kappa shape index (κ2) is 6.35. The molecule has 0 aromatic heterocycles. The van der Waals surface area contributed by atoms with Crippen molar-refractivity contribution in [3.8, 4) is 6.07 Å². The molecule has 5 nitrogen and oxygen atoms in total. The highest BCUT2D eigenvalue weighted by atomic mass is 32.2. The van der Waals surface area contributed by atoms with Crippen molar-refractivity contribution in [2.24, 2.45) is 0 Å². The average Bonchev–Trinajstić information content (AvgIpc) is 2.36. The van der Waals surface area contributed by atoms with E-state index in [9.17, 15) is 8.42 Å². The van der Waals surface area contributed by atoms with Gasteiger partial charge in [0.2, 0.25) is 10.0 Å². The predicted molar refractivity (Wildman–Crippen MR) is 77.4 cm³/mol. The van der Waals surface area contributed by atoms with Crippen LogP contribution in [0.4, 0.5) is 0 Å². The largest absolute Gasteiger partial charge is 0.313 e. The monoisotopic (exact) mass is 293 g/mol. The molecule has 0 spiro atoms. The van der Waals surface area contributed by atoms with E-state index in [4.69, 9.17) is 5.26 Å². The van der Waals surface area contributed by atoms with Crippen LogP contribution in [0.5, 0.6) is 0 Å². The Balaban J connectivity index is 2.22. The molecule has 0 bridgehead atoms. The van der Waals surface area contributed by atoms with Gasteiger partial charge in [-0.05, 0) is 18.1 Å². The van der Waals surface area contributed by atoms with Crippen LogP contribution in [-0.2, 0) is 15.8 Å². The second-order valence-electron chi connectivity index (χ2n) is 4.95. The first-order valence-corrected chi connectivity index (χ1v) is 8.37. The van der Waals surface area contributed by atoms with E-state index in [0.717, 1.165) is 6.42 Å². The molecule has 108 valence electrons. The highest BCUT2D eigenvalue weighted by molar-refractivity contribution is 7.88. The minimum atomic E-state index is -3.39. The molecule has 0 unspecified atom stereocenters. The molecular weight excluding hydrogens is 274 g/mol. The van der Waals surface area contributed by atoms with Crippen molar-refractivity contribution in [2.75, 3.05) is 19.6 Å². The third kappa shape index (κ3) is 3.18. The number of nitrogens with zero attached hydrogens (tertiary/aromatic N) is 2. The highest BCUT2D eigenvalue weighted by Crippen LogP contribution is 2.18. The van der Waals surface area contributed by atoms with Gasteiger partial charge in [0.15, 0.2) is 0 Å². The average molecular weight is 293 g/mol. The van der Waals surface area contributed by atoms with Gasteiger partial charge in [-0.2, -0.15) is 9.57 Å². The van der Waals surface area contributed by atoms with E-state index in [1.807, 2.05) is 6.92 Å². The number of rotatable bonds is 6. The number of nitriles is 1. The molecule has 0 saturated carbocycles. The Bertz CT molecular complexity index is 603. The zero-order valence-corrected chi connectivity index (χ0v) is 12.4. The molecule has 0 atom stereocenters. The van der Waals surface area contributed by atoms with Crippen LogP contribution in [0, 0.1) is 11.3 Å². The van der Waals surface area contributed by atoms with Crippen molar-refractivity contribution in [2.45, 2.75) is 25.1 Å². The van der Waals surface area contributed by atoms with Crippen LogP contribution in [-0.4, -0.2) is 38.4 Å². The molecule has 1 aliphatic rings. The van der Waals surface area contributed by atoms with E-state index in [-0.39, 0.29) is 11.8 Å². The zero-order valence-electron chi connectivity index (χ0n) is 11.5. The van der Waals surface area contributed by atoms with Crippen molar-refractivity contribution in [3.63, 3.8) is 0 Å². The fraction of sp³-hybridized carbons (Fsp3) is 0.500. The minimum absolute atomic E-state index is 0.0502. The lowest BCUT2D eigenvalue weighted by Crippen LogP contribution is -2.59. The topological polar surface area (TPSA) is 73.2 Å². The van der Waals surface area contributed by atoms with E-state index in [1.54, 1.807) is 28.6 Å². The van der Waals surface area contributed by atoms with E-state index in [2.05, 4.69) is 11.4 Å². The molecule has 1 aliphatic heterocycles. The summed E-state index contributed by atoms with van der Waals surface area (Å²) in [6.45, 7) is 3.92.